The van der Waals surface area contributed by atoms with Gasteiger partial charge in [0.2, 0.25) is 0 Å². The van der Waals surface area contributed by atoms with Crippen LogP contribution in [-0.2, 0) is 0 Å². The van der Waals surface area contributed by atoms with E-state index in [1.165, 1.54) is 5.69 Å². The molecule has 0 aliphatic carbocycles. The quantitative estimate of drug-likeness (QED) is 0.824. The van der Waals surface area contributed by atoms with Crippen LogP contribution in [0.25, 0.3) is 0 Å². The van der Waals surface area contributed by atoms with Crippen molar-refractivity contribution in [3.8, 4) is 0 Å². The smallest absolute Gasteiger partial charge is 0.0606 e. The summed E-state index contributed by atoms with van der Waals surface area (Å²) in [5, 5.41) is 17.4. The van der Waals surface area contributed by atoms with Gasteiger partial charge in [0.15, 0.2) is 0 Å². The van der Waals surface area contributed by atoms with Crippen molar-refractivity contribution in [2.75, 3.05) is 49.7 Å². The van der Waals surface area contributed by atoms with Crippen LogP contribution >= 0.6 is 0 Å². The lowest BCUT2D eigenvalue weighted by Crippen LogP contribution is -2.25. The van der Waals surface area contributed by atoms with Crippen LogP contribution in [0, 0.1) is 0 Å². The Kier molecular flexibility index (Phi) is 9.52. The predicted molar refractivity (Wildman–Crippen MR) is 98.2 cm³/mol. The highest BCUT2D eigenvalue weighted by molar-refractivity contribution is 5.46. The molecule has 4 heteroatoms. The number of hydrogen-bond acceptors (Lipinski definition) is 4. The molecule has 0 aliphatic heterocycles. The molecule has 0 bridgehead atoms. The van der Waals surface area contributed by atoms with Crippen molar-refractivity contribution in [2.45, 2.75) is 6.92 Å². The molecule has 2 N–H and O–H groups in total. The second-order valence-corrected chi connectivity index (χ2v) is 5.12. The normalized spacial score (nSPS) is 9.74. The summed E-state index contributed by atoms with van der Waals surface area (Å²) in [6.07, 6.45) is 0. The number of rotatable bonds is 7. The van der Waals surface area contributed by atoms with Crippen molar-refractivity contribution in [2.24, 2.45) is 0 Å². The van der Waals surface area contributed by atoms with Gasteiger partial charge in [-0.25, -0.2) is 0 Å². The number of nitrogens with zero attached hydrogens (tertiary/aromatic N) is 2. The third kappa shape index (κ3) is 7.17. The van der Waals surface area contributed by atoms with E-state index < -0.39 is 0 Å². The lowest BCUT2D eigenvalue weighted by molar-refractivity contribution is 0.302. The van der Waals surface area contributed by atoms with Crippen molar-refractivity contribution in [3.05, 3.63) is 60.7 Å². The average Bonchev–Trinajstić information content (AvgIpc) is 2.62. The molecule has 4 nitrogen and oxygen atoms in total. The molecule has 0 aromatic heterocycles. The van der Waals surface area contributed by atoms with Gasteiger partial charge in [-0.05, 0) is 31.2 Å². The molecule has 0 heterocycles. The van der Waals surface area contributed by atoms with Gasteiger partial charge in [0.05, 0.1) is 13.2 Å². The molecule has 0 saturated heterocycles. The first-order valence-corrected chi connectivity index (χ1v) is 8.00. The summed E-state index contributed by atoms with van der Waals surface area (Å²) < 4.78 is 0. The van der Waals surface area contributed by atoms with Gasteiger partial charge in [-0.2, -0.15) is 0 Å². The minimum absolute atomic E-state index is 0.200. The number of benzene rings is 2. The standard InChI is InChI=1S/C10H15NO.C9H13NO/c1-2-11(8-9-12)10-6-4-3-5-7-10;1-10(7-8-11)9-5-3-2-4-6-9/h3-7,12H,2,8-9H2,1H3;2-6,11H,7-8H2,1H3. The van der Waals surface area contributed by atoms with Crippen LogP contribution in [0.4, 0.5) is 11.4 Å². The Hall–Kier alpha value is -2.04. The summed E-state index contributed by atoms with van der Waals surface area (Å²) >= 11 is 0. The van der Waals surface area contributed by atoms with Crippen molar-refractivity contribution >= 4 is 11.4 Å². The van der Waals surface area contributed by atoms with Crippen LogP contribution in [-0.4, -0.2) is 50.1 Å². The third-order valence-corrected chi connectivity index (χ3v) is 3.51. The Morgan fingerprint density at radius 3 is 1.65 bits per heavy atom. The summed E-state index contributed by atoms with van der Waals surface area (Å²) in [5.74, 6) is 0. The number of aliphatic hydroxyl groups is 2. The predicted octanol–water partition coefficient (Wildman–Crippen LogP) is 2.62. The number of anilines is 2. The van der Waals surface area contributed by atoms with Gasteiger partial charge in [-0.3, -0.25) is 0 Å². The molecule has 126 valence electrons. The van der Waals surface area contributed by atoms with E-state index in [9.17, 15) is 0 Å². The molecule has 2 aromatic carbocycles. The van der Waals surface area contributed by atoms with Crippen molar-refractivity contribution < 1.29 is 10.2 Å². The van der Waals surface area contributed by atoms with Crippen molar-refractivity contribution in [1.29, 1.82) is 0 Å². The zero-order chi connectivity index (χ0) is 16.9. The number of likely N-dealkylation sites (N-methyl/N-ethyl adjacent to an activating group) is 2. The molecular formula is C19H28N2O2. The Morgan fingerprint density at radius 1 is 0.739 bits per heavy atom. The molecule has 0 spiro atoms. The first kappa shape index (κ1) is 19.0. The molecule has 2 aromatic rings. The molecular weight excluding hydrogens is 288 g/mol. The Morgan fingerprint density at radius 2 is 1.22 bits per heavy atom. The molecule has 2 rings (SSSR count). The zero-order valence-corrected chi connectivity index (χ0v) is 14.1. The average molecular weight is 316 g/mol. The Bertz CT molecular complexity index is 505. The zero-order valence-electron chi connectivity index (χ0n) is 14.1. The van der Waals surface area contributed by atoms with Crippen LogP contribution in [0.1, 0.15) is 6.92 Å². The fraction of sp³-hybridized carbons (Fsp3) is 0.368. The lowest BCUT2D eigenvalue weighted by atomic mass is 10.3. The molecule has 23 heavy (non-hydrogen) atoms. The van der Waals surface area contributed by atoms with Crippen LogP contribution in [0.5, 0.6) is 0 Å². The minimum Gasteiger partial charge on any atom is -0.395 e. The van der Waals surface area contributed by atoms with Gasteiger partial charge in [0.25, 0.3) is 0 Å². The molecule has 0 fully saturated rings. The second kappa shape index (κ2) is 11.5. The summed E-state index contributed by atoms with van der Waals surface area (Å²) in [7, 11) is 1.96. The van der Waals surface area contributed by atoms with Gasteiger partial charge in [-0.1, -0.05) is 36.4 Å². The molecule has 0 amide bonds. The largest absolute Gasteiger partial charge is 0.395 e. The molecule has 0 unspecified atom stereocenters. The maximum atomic E-state index is 8.79. The number of hydrogen-bond donors (Lipinski definition) is 2. The van der Waals surface area contributed by atoms with E-state index in [2.05, 4.69) is 24.0 Å². The Balaban J connectivity index is 0.000000231. The van der Waals surface area contributed by atoms with E-state index in [-0.39, 0.29) is 13.2 Å². The molecule has 0 aliphatic rings. The molecule has 0 atom stereocenters. The highest BCUT2D eigenvalue weighted by Gasteiger charge is 2.00. The molecule has 0 radical (unpaired) electrons. The van der Waals surface area contributed by atoms with Crippen LogP contribution in [0.15, 0.2) is 60.7 Å². The van der Waals surface area contributed by atoms with E-state index in [4.69, 9.17) is 10.2 Å². The van der Waals surface area contributed by atoms with Crippen LogP contribution in [0.2, 0.25) is 0 Å². The van der Waals surface area contributed by atoms with Gasteiger partial charge in [-0.15, -0.1) is 0 Å². The highest BCUT2D eigenvalue weighted by atomic mass is 16.3. The third-order valence-electron chi connectivity index (χ3n) is 3.51. The van der Waals surface area contributed by atoms with E-state index in [1.807, 2.05) is 60.5 Å². The van der Waals surface area contributed by atoms with Crippen molar-refractivity contribution in [1.82, 2.24) is 0 Å². The Labute approximate surface area is 139 Å². The van der Waals surface area contributed by atoms with Gasteiger partial charge in [0.1, 0.15) is 0 Å². The minimum atomic E-state index is 0.200. The second-order valence-electron chi connectivity index (χ2n) is 5.12. The van der Waals surface area contributed by atoms with E-state index in [1.54, 1.807) is 0 Å². The van der Waals surface area contributed by atoms with Gasteiger partial charge < -0.3 is 20.0 Å². The van der Waals surface area contributed by atoms with E-state index in [0.717, 1.165) is 12.2 Å². The van der Waals surface area contributed by atoms with Crippen LogP contribution in [0.3, 0.4) is 0 Å². The van der Waals surface area contributed by atoms with Gasteiger partial charge >= 0.3 is 0 Å². The maximum absolute atomic E-state index is 8.79. The summed E-state index contributed by atoms with van der Waals surface area (Å²) in [5.41, 5.74) is 2.32. The molecule has 0 saturated carbocycles. The summed E-state index contributed by atoms with van der Waals surface area (Å²) in [4.78, 5) is 4.15. The SMILES string of the molecule is CCN(CCO)c1ccccc1.CN(CCO)c1ccccc1. The van der Waals surface area contributed by atoms with Crippen molar-refractivity contribution in [3.63, 3.8) is 0 Å². The summed E-state index contributed by atoms with van der Waals surface area (Å²) in [6, 6.07) is 20.1. The number of para-hydroxylation sites is 2. The van der Waals surface area contributed by atoms with E-state index in [0.29, 0.717) is 13.1 Å². The first-order valence-electron chi connectivity index (χ1n) is 8.00. The highest BCUT2D eigenvalue weighted by Crippen LogP contribution is 2.11. The van der Waals surface area contributed by atoms with Crippen LogP contribution < -0.4 is 9.80 Å². The van der Waals surface area contributed by atoms with E-state index >= 15 is 0 Å². The lowest BCUT2D eigenvalue weighted by Gasteiger charge is -2.21. The summed E-state index contributed by atoms with van der Waals surface area (Å²) in [6.45, 7) is 4.83. The first-order chi connectivity index (χ1) is 11.2. The number of aliphatic hydroxyl groups excluding tert-OH is 2. The van der Waals surface area contributed by atoms with Gasteiger partial charge in [0, 0.05) is 38.1 Å². The maximum Gasteiger partial charge on any atom is 0.0606 e. The topological polar surface area (TPSA) is 46.9 Å². The fourth-order valence-electron chi connectivity index (χ4n) is 2.19. The monoisotopic (exact) mass is 316 g/mol. The fourth-order valence-corrected chi connectivity index (χ4v) is 2.19.